The van der Waals surface area contributed by atoms with Gasteiger partial charge in [0.05, 0.1) is 16.9 Å². The summed E-state index contributed by atoms with van der Waals surface area (Å²) < 4.78 is 6.65. The number of hydrogen-bond acceptors (Lipinski definition) is 3. The van der Waals surface area contributed by atoms with Gasteiger partial charge in [0.1, 0.15) is 5.75 Å². The Bertz CT molecular complexity index is 578. The van der Waals surface area contributed by atoms with Crippen molar-refractivity contribution in [3.63, 3.8) is 0 Å². The predicted molar refractivity (Wildman–Crippen MR) is 90.1 cm³/mol. The third-order valence-corrected chi connectivity index (χ3v) is 5.67. The first-order valence-corrected chi connectivity index (χ1v) is 8.17. The first-order valence-electron chi connectivity index (χ1n) is 6.56. The van der Waals surface area contributed by atoms with Crippen molar-refractivity contribution in [1.29, 1.82) is 0 Å². The van der Waals surface area contributed by atoms with Crippen molar-refractivity contribution >= 4 is 27.3 Å². The molecule has 2 nitrogen and oxygen atoms in total. The first-order chi connectivity index (χ1) is 9.47. The molecule has 4 heteroatoms. The standard InChI is InChI=1S/C16H20BrNOS/c1-9-6-12(7-10(2)15(9)19-5)14(18-4)13-8-11(3)16(17)20-13/h6-8,14,18H,1-5H3. The molecule has 0 bridgehead atoms. The van der Waals surface area contributed by atoms with Gasteiger partial charge in [-0.2, -0.15) is 0 Å². The number of hydrogen-bond donors (Lipinski definition) is 1. The van der Waals surface area contributed by atoms with Gasteiger partial charge in [0, 0.05) is 4.88 Å². The lowest BCUT2D eigenvalue weighted by Gasteiger charge is -2.18. The SMILES string of the molecule is CNC(c1cc(C)c(OC)c(C)c1)c1cc(C)c(Br)s1. The van der Waals surface area contributed by atoms with E-state index < -0.39 is 0 Å². The monoisotopic (exact) mass is 353 g/mol. The minimum atomic E-state index is 0.216. The van der Waals surface area contributed by atoms with Gasteiger partial charge in [-0.25, -0.2) is 0 Å². The van der Waals surface area contributed by atoms with E-state index in [9.17, 15) is 0 Å². The topological polar surface area (TPSA) is 21.3 Å². The van der Waals surface area contributed by atoms with E-state index in [4.69, 9.17) is 4.74 Å². The molecule has 0 saturated heterocycles. The smallest absolute Gasteiger partial charge is 0.124 e. The Balaban J connectivity index is 2.47. The first kappa shape index (κ1) is 15.5. The molecule has 1 aromatic carbocycles. The fourth-order valence-electron chi connectivity index (χ4n) is 2.57. The lowest BCUT2D eigenvalue weighted by atomic mass is 9.99. The number of thiophene rings is 1. The molecular formula is C16H20BrNOS. The van der Waals surface area contributed by atoms with E-state index in [-0.39, 0.29) is 6.04 Å². The summed E-state index contributed by atoms with van der Waals surface area (Å²) in [6.45, 7) is 6.32. The molecule has 2 rings (SSSR count). The molecule has 0 radical (unpaired) electrons. The number of methoxy groups -OCH3 is 1. The van der Waals surface area contributed by atoms with Gasteiger partial charge in [0.15, 0.2) is 0 Å². The molecule has 20 heavy (non-hydrogen) atoms. The van der Waals surface area contributed by atoms with Crippen molar-refractivity contribution in [3.05, 3.63) is 49.1 Å². The number of aryl methyl sites for hydroxylation is 3. The summed E-state index contributed by atoms with van der Waals surface area (Å²) >= 11 is 5.40. The average molecular weight is 354 g/mol. The number of rotatable bonds is 4. The number of halogens is 1. The van der Waals surface area contributed by atoms with Gasteiger partial charge >= 0.3 is 0 Å². The van der Waals surface area contributed by atoms with Crippen molar-refractivity contribution in [2.75, 3.05) is 14.2 Å². The van der Waals surface area contributed by atoms with E-state index in [0.717, 1.165) is 5.75 Å². The molecule has 1 aromatic heterocycles. The molecule has 1 N–H and O–H groups in total. The van der Waals surface area contributed by atoms with E-state index in [1.54, 1.807) is 18.4 Å². The molecule has 0 aliphatic heterocycles. The fraction of sp³-hybridized carbons (Fsp3) is 0.375. The molecule has 1 heterocycles. The van der Waals surface area contributed by atoms with Crippen LogP contribution in [-0.4, -0.2) is 14.2 Å². The largest absolute Gasteiger partial charge is 0.496 e. The summed E-state index contributed by atoms with van der Waals surface area (Å²) in [7, 11) is 3.73. The second-order valence-corrected chi connectivity index (χ2v) is 7.42. The lowest BCUT2D eigenvalue weighted by Crippen LogP contribution is -2.17. The molecule has 0 spiro atoms. The Kier molecular flexibility index (Phi) is 4.89. The molecule has 2 aromatic rings. The van der Waals surface area contributed by atoms with Crippen molar-refractivity contribution in [3.8, 4) is 5.75 Å². The van der Waals surface area contributed by atoms with Crippen LogP contribution >= 0.6 is 27.3 Å². The Hall–Kier alpha value is -0.840. The van der Waals surface area contributed by atoms with Crippen LogP contribution in [-0.2, 0) is 0 Å². The van der Waals surface area contributed by atoms with Gasteiger partial charge in [-0.05, 0) is 72.1 Å². The maximum Gasteiger partial charge on any atom is 0.124 e. The zero-order chi connectivity index (χ0) is 14.9. The summed E-state index contributed by atoms with van der Waals surface area (Å²) in [5.41, 5.74) is 4.91. The van der Waals surface area contributed by atoms with Crippen LogP contribution in [0.4, 0.5) is 0 Å². The number of benzene rings is 1. The number of ether oxygens (including phenoxy) is 1. The van der Waals surface area contributed by atoms with Gasteiger partial charge in [0.2, 0.25) is 0 Å². The molecule has 0 fully saturated rings. The Morgan fingerprint density at radius 3 is 2.10 bits per heavy atom. The highest BCUT2D eigenvalue weighted by atomic mass is 79.9. The van der Waals surface area contributed by atoms with E-state index in [1.165, 1.54) is 30.9 Å². The molecule has 1 unspecified atom stereocenters. The maximum absolute atomic E-state index is 5.45. The van der Waals surface area contributed by atoms with Crippen molar-refractivity contribution in [1.82, 2.24) is 5.32 Å². The molecule has 0 aliphatic carbocycles. The summed E-state index contributed by atoms with van der Waals surface area (Å²) in [5.74, 6) is 0.979. The van der Waals surface area contributed by atoms with Crippen LogP contribution in [0.25, 0.3) is 0 Å². The van der Waals surface area contributed by atoms with E-state index >= 15 is 0 Å². The summed E-state index contributed by atoms with van der Waals surface area (Å²) in [4.78, 5) is 1.32. The molecule has 108 valence electrons. The van der Waals surface area contributed by atoms with Gasteiger partial charge in [-0.15, -0.1) is 11.3 Å². The number of nitrogens with one attached hydrogen (secondary N) is 1. The lowest BCUT2D eigenvalue weighted by molar-refractivity contribution is 0.408. The second-order valence-electron chi connectivity index (χ2n) is 5.02. The molecule has 0 saturated carbocycles. The summed E-state index contributed by atoms with van der Waals surface area (Å²) in [5, 5.41) is 3.42. The zero-order valence-electron chi connectivity index (χ0n) is 12.5. The van der Waals surface area contributed by atoms with Gasteiger partial charge in [-0.3, -0.25) is 0 Å². The molecule has 1 atom stereocenters. The molecule has 0 aliphatic rings. The van der Waals surface area contributed by atoms with Crippen molar-refractivity contribution < 1.29 is 4.74 Å². The third kappa shape index (κ3) is 2.92. The highest BCUT2D eigenvalue weighted by Crippen LogP contribution is 2.36. The Morgan fingerprint density at radius 2 is 1.70 bits per heavy atom. The maximum atomic E-state index is 5.45. The van der Waals surface area contributed by atoms with E-state index in [1.807, 2.05) is 7.05 Å². The quantitative estimate of drug-likeness (QED) is 0.855. The van der Waals surface area contributed by atoms with E-state index in [2.05, 4.69) is 60.2 Å². The highest BCUT2D eigenvalue weighted by molar-refractivity contribution is 9.11. The van der Waals surface area contributed by atoms with Crippen LogP contribution in [0.3, 0.4) is 0 Å². The second kappa shape index (κ2) is 6.29. The minimum Gasteiger partial charge on any atom is -0.496 e. The van der Waals surface area contributed by atoms with Crippen LogP contribution in [0, 0.1) is 20.8 Å². The third-order valence-electron chi connectivity index (χ3n) is 3.47. The van der Waals surface area contributed by atoms with Crippen LogP contribution < -0.4 is 10.1 Å². The van der Waals surface area contributed by atoms with E-state index in [0.29, 0.717) is 0 Å². The Labute approximate surface area is 133 Å². The summed E-state index contributed by atoms with van der Waals surface area (Å²) in [6, 6.07) is 6.87. The van der Waals surface area contributed by atoms with Gasteiger partial charge in [0.25, 0.3) is 0 Å². The van der Waals surface area contributed by atoms with Crippen LogP contribution in [0.2, 0.25) is 0 Å². The molecular weight excluding hydrogens is 334 g/mol. The van der Waals surface area contributed by atoms with Gasteiger partial charge < -0.3 is 10.1 Å². The molecule has 0 amide bonds. The minimum absolute atomic E-state index is 0.216. The normalized spacial score (nSPS) is 12.5. The van der Waals surface area contributed by atoms with Crippen LogP contribution in [0.15, 0.2) is 22.0 Å². The zero-order valence-corrected chi connectivity index (χ0v) is 14.9. The van der Waals surface area contributed by atoms with Gasteiger partial charge in [-0.1, -0.05) is 12.1 Å². The predicted octanol–water partition coefficient (Wildman–Crippen LogP) is 4.75. The summed E-state index contributed by atoms with van der Waals surface area (Å²) in [6.07, 6.45) is 0. The van der Waals surface area contributed by atoms with Crippen molar-refractivity contribution in [2.45, 2.75) is 26.8 Å². The van der Waals surface area contributed by atoms with Crippen LogP contribution in [0.5, 0.6) is 5.75 Å². The fourth-order valence-corrected chi connectivity index (χ4v) is 4.28. The average Bonchev–Trinajstić information content (AvgIpc) is 2.70. The van der Waals surface area contributed by atoms with Crippen molar-refractivity contribution in [2.24, 2.45) is 0 Å². The van der Waals surface area contributed by atoms with Crippen LogP contribution in [0.1, 0.15) is 33.2 Å². The Morgan fingerprint density at radius 1 is 1.10 bits per heavy atom. The highest BCUT2D eigenvalue weighted by Gasteiger charge is 2.17.